The SMILES string of the molecule is COC(=O)C(C(=O)C(C)(C)SCc1ccc(OC)cc1)c1ncc(C)cc1Cl. The molecule has 5 nitrogen and oxygen atoms in total. The molecule has 0 saturated heterocycles. The zero-order valence-electron chi connectivity index (χ0n) is 16.6. The highest BCUT2D eigenvalue weighted by atomic mass is 35.5. The maximum Gasteiger partial charge on any atom is 0.322 e. The van der Waals surface area contributed by atoms with Crippen LogP contribution in [0.3, 0.4) is 0 Å². The van der Waals surface area contributed by atoms with E-state index in [1.54, 1.807) is 33.2 Å². The van der Waals surface area contributed by atoms with E-state index in [1.807, 2.05) is 31.2 Å². The minimum Gasteiger partial charge on any atom is -0.497 e. The summed E-state index contributed by atoms with van der Waals surface area (Å²) in [6.07, 6.45) is 1.59. The van der Waals surface area contributed by atoms with Crippen LogP contribution < -0.4 is 4.74 Å². The summed E-state index contributed by atoms with van der Waals surface area (Å²) in [6.45, 7) is 5.43. The Labute approximate surface area is 174 Å². The van der Waals surface area contributed by atoms with Gasteiger partial charge in [-0.2, -0.15) is 0 Å². The fraction of sp³-hybridized carbons (Fsp3) is 0.381. The topological polar surface area (TPSA) is 65.5 Å². The summed E-state index contributed by atoms with van der Waals surface area (Å²) in [5.41, 5.74) is 2.12. The molecule has 2 aromatic rings. The Hall–Kier alpha value is -2.05. The Bertz CT molecular complexity index is 852. The van der Waals surface area contributed by atoms with Gasteiger partial charge in [-0.3, -0.25) is 14.6 Å². The molecule has 0 saturated carbocycles. The number of aromatic nitrogens is 1. The number of carbonyl (C=O) groups excluding carboxylic acids is 2. The summed E-state index contributed by atoms with van der Waals surface area (Å²) in [5, 5.41) is 0.278. The number of hydrogen-bond acceptors (Lipinski definition) is 6. The molecule has 0 N–H and O–H groups in total. The minimum atomic E-state index is -1.17. The van der Waals surface area contributed by atoms with Crippen molar-refractivity contribution >= 4 is 35.1 Å². The fourth-order valence-electron chi connectivity index (χ4n) is 2.62. The zero-order valence-corrected chi connectivity index (χ0v) is 18.2. The van der Waals surface area contributed by atoms with Gasteiger partial charge in [0.1, 0.15) is 5.75 Å². The maximum atomic E-state index is 13.3. The van der Waals surface area contributed by atoms with Crippen molar-refractivity contribution in [2.24, 2.45) is 0 Å². The van der Waals surface area contributed by atoms with E-state index < -0.39 is 16.6 Å². The Morgan fingerprint density at radius 1 is 1.21 bits per heavy atom. The van der Waals surface area contributed by atoms with Crippen molar-refractivity contribution in [3.05, 3.63) is 58.4 Å². The van der Waals surface area contributed by atoms with Gasteiger partial charge < -0.3 is 9.47 Å². The molecular formula is C21H24ClNO4S. The molecule has 7 heteroatoms. The smallest absolute Gasteiger partial charge is 0.322 e. The second-order valence-corrected chi connectivity index (χ2v) is 8.85. The summed E-state index contributed by atoms with van der Waals surface area (Å²) >= 11 is 7.72. The molecule has 0 aliphatic carbocycles. The van der Waals surface area contributed by atoms with Crippen LogP contribution in [0.15, 0.2) is 36.5 Å². The Balaban J connectivity index is 2.24. The number of methoxy groups -OCH3 is 2. The molecule has 0 aliphatic heterocycles. The number of pyridine rings is 1. The monoisotopic (exact) mass is 421 g/mol. The van der Waals surface area contributed by atoms with Gasteiger partial charge in [-0.15, -0.1) is 11.8 Å². The zero-order chi connectivity index (χ0) is 20.9. The van der Waals surface area contributed by atoms with Crippen LogP contribution in [0, 0.1) is 6.92 Å². The van der Waals surface area contributed by atoms with Gasteiger partial charge in [-0.05, 0) is 50.1 Å². The molecule has 1 atom stereocenters. The van der Waals surface area contributed by atoms with E-state index in [-0.39, 0.29) is 16.5 Å². The third-order valence-corrected chi connectivity index (χ3v) is 6.03. The molecule has 0 aliphatic rings. The molecule has 0 amide bonds. The number of thioether (sulfide) groups is 1. The predicted octanol–water partition coefficient (Wildman–Crippen LogP) is 4.59. The number of nitrogens with zero attached hydrogens (tertiary/aromatic N) is 1. The number of benzene rings is 1. The van der Waals surface area contributed by atoms with Crippen molar-refractivity contribution in [2.75, 3.05) is 14.2 Å². The fourth-order valence-corrected chi connectivity index (χ4v) is 3.93. The standard InChI is InChI=1S/C21H24ClNO4S/c1-13-10-16(22)18(23-11-13)17(20(25)27-5)19(24)21(2,3)28-12-14-6-8-15(26-4)9-7-14/h6-11,17H,12H2,1-5H3. The lowest BCUT2D eigenvalue weighted by Gasteiger charge is -2.27. The van der Waals surface area contributed by atoms with Crippen LogP contribution in [0.4, 0.5) is 0 Å². The van der Waals surface area contributed by atoms with Gasteiger partial charge in [0.25, 0.3) is 0 Å². The maximum absolute atomic E-state index is 13.3. The van der Waals surface area contributed by atoms with Gasteiger partial charge in [0.2, 0.25) is 0 Å². The Morgan fingerprint density at radius 3 is 2.39 bits per heavy atom. The summed E-state index contributed by atoms with van der Waals surface area (Å²) in [7, 11) is 2.87. The first-order valence-corrected chi connectivity index (χ1v) is 10.1. The summed E-state index contributed by atoms with van der Waals surface area (Å²) < 4.78 is 9.18. The lowest BCUT2D eigenvalue weighted by Crippen LogP contribution is -2.38. The molecule has 1 heterocycles. The minimum absolute atomic E-state index is 0.224. The lowest BCUT2D eigenvalue weighted by atomic mass is 9.91. The third-order valence-electron chi connectivity index (χ3n) is 4.33. The molecule has 150 valence electrons. The molecule has 0 fully saturated rings. The average molecular weight is 422 g/mol. The van der Waals surface area contributed by atoms with Crippen molar-refractivity contribution in [3.63, 3.8) is 0 Å². The number of rotatable bonds is 8. The highest BCUT2D eigenvalue weighted by Crippen LogP contribution is 2.36. The summed E-state index contributed by atoms with van der Waals surface area (Å²) in [5.74, 6) is -0.755. The van der Waals surface area contributed by atoms with E-state index in [1.165, 1.54) is 18.9 Å². The van der Waals surface area contributed by atoms with Crippen molar-refractivity contribution in [1.82, 2.24) is 4.98 Å². The number of esters is 1. The van der Waals surface area contributed by atoms with Gasteiger partial charge in [-0.1, -0.05) is 23.7 Å². The second kappa shape index (κ2) is 9.43. The first-order chi connectivity index (χ1) is 13.2. The van der Waals surface area contributed by atoms with Gasteiger partial charge in [0.15, 0.2) is 11.7 Å². The van der Waals surface area contributed by atoms with Gasteiger partial charge in [0, 0.05) is 11.9 Å². The van der Waals surface area contributed by atoms with Crippen molar-refractivity contribution in [1.29, 1.82) is 0 Å². The third kappa shape index (κ3) is 5.26. The van der Waals surface area contributed by atoms with Crippen LogP contribution in [-0.2, 0) is 20.1 Å². The molecule has 2 rings (SSSR count). The van der Waals surface area contributed by atoms with Crippen LogP contribution in [0.5, 0.6) is 5.75 Å². The number of Topliss-reactive ketones (excluding diaryl/α,β-unsaturated/α-hetero) is 1. The number of ether oxygens (including phenoxy) is 2. The molecule has 28 heavy (non-hydrogen) atoms. The Morgan fingerprint density at radius 2 is 1.86 bits per heavy atom. The molecular weight excluding hydrogens is 398 g/mol. The van der Waals surface area contributed by atoms with Crippen molar-refractivity contribution in [2.45, 2.75) is 37.2 Å². The first kappa shape index (κ1) is 22.2. The molecule has 0 bridgehead atoms. The number of hydrogen-bond donors (Lipinski definition) is 0. The largest absolute Gasteiger partial charge is 0.497 e. The van der Waals surface area contributed by atoms with E-state index in [0.717, 1.165) is 16.9 Å². The van der Waals surface area contributed by atoms with Gasteiger partial charge in [0.05, 0.1) is 29.7 Å². The molecule has 1 unspecified atom stereocenters. The van der Waals surface area contributed by atoms with E-state index in [4.69, 9.17) is 21.1 Å². The highest BCUT2D eigenvalue weighted by molar-refractivity contribution is 8.00. The van der Waals surface area contributed by atoms with Gasteiger partial charge >= 0.3 is 5.97 Å². The molecule has 0 radical (unpaired) electrons. The van der Waals surface area contributed by atoms with Crippen LogP contribution >= 0.6 is 23.4 Å². The van der Waals surface area contributed by atoms with Crippen LogP contribution in [0.2, 0.25) is 5.02 Å². The highest BCUT2D eigenvalue weighted by Gasteiger charge is 2.41. The van der Waals surface area contributed by atoms with E-state index in [2.05, 4.69) is 4.98 Å². The molecule has 1 aromatic carbocycles. The van der Waals surface area contributed by atoms with E-state index >= 15 is 0 Å². The number of carbonyl (C=O) groups is 2. The predicted molar refractivity (Wildman–Crippen MR) is 112 cm³/mol. The molecule has 1 aromatic heterocycles. The van der Waals surface area contributed by atoms with Crippen LogP contribution in [0.25, 0.3) is 0 Å². The number of aryl methyl sites for hydroxylation is 1. The average Bonchev–Trinajstić information content (AvgIpc) is 2.68. The van der Waals surface area contributed by atoms with Gasteiger partial charge in [-0.25, -0.2) is 0 Å². The normalized spacial score (nSPS) is 12.4. The van der Waals surface area contributed by atoms with E-state index in [0.29, 0.717) is 5.75 Å². The molecule has 0 spiro atoms. The Kier molecular flexibility index (Phi) is 7.49. The quantitative estimate of drug-likeness (QED) is 0.458. The van der Waals surface area contributed by atoms with Crippen molar-refractivity contribution in [3.8, 4) is 5.75 Å². The van der Waals surface area contributed by atoms with Crippen LogP contribution in [-0.4, -0.2) is 35.7 Å². The lowest BCUT2D eigenvalue weighted by molar-refractivity contribution is -0.146. The second-order valence-electron chi connectivity index (χ2n) is 6.85. The summed E-state index contributed by atoms with van der Waals surface area (Å²) in [4.78, 5) is 29.9. The number of halogens is 1. The van der Waals surface area contributed by atoms with E-state index in [9.17, 15) is 9.59 Å². The van der Waals surface area contributed by atoms with Crippen molar-refractivity contribution < 1.29 is 19.1 Å². The van der Waals surface area contributed by atoms with Crippen LogP contribution in [0.1, 0.15) is 36.6 Å². The number of ketones is 1. The summed E-state index contributed by atoms with van der Waals surface area (Å²) in [6, 6.07) is 9.33. The first-order valence-electron chi connectivity index (χ1n) is 8.70.